The third-order valence-electron chi connectivity index (χ3n) is 4.82. The molecule has 1 atom stereocenters. The maximum atomic E-state index is 12.5. The lowest BCUT2D eigenvalue weighted by Crippen LogP contribution is -2.31. The van der Waals surface area contributed by atoms with Crippen molar-refractivity contribution in [2.75, 3.05) is 7.11 Å². The van der Waals surface area contributed by atoms with Gasteiger partial charge in [0.2, 0.25) is 5.91 Å². The second kappa shape index (κ2) is 8.78. The van der Waals surface area contributed by atoms with Crippen LogP contribution in [-0.4, -0.2) is 17.6 Å². The van der Waals surface area contributed by atoms with Gasteiger partial charge in [-0.25, -0.2) is 4.79 Å². The average molecular weight is 382 g/mol. The standard InChI is InChI=1S/C22H26N2O4/c1-15(2)21(16-10-12-17(27-3)13-11-16)23-20(25)9-6-14-24-18-7-4-5-8-19(18)28-22(24)26/h4-5,7-8,10-13,15,21H,6,9,14H2,1-3H3,(H,23,25). The van der Waals surface area contributed by atoms with E-state index in [1.807, 2.05) is 42.5 Å². The lowest BCUT2D eigenvalue weighted by atomic mass is 9.95. The van der Waals surface area contributed by atoms with E-state index in [4.69, 9.17) is 9.15 Å². The Morgan fingerprint density at radius 1 is 1.14 bits per heavy atom. The number of aromatic nitrogens is 1. The highest BCUT2D eigenvalue weighted by Crippen LogP contribution is 2.24. The molecule has 2 aromatic carbocycles. The highest BCUT2D eigenvalue weighted by atomic mass is 16.5. The summed E-state index contributed by atoms with van der Waals surface area (Å²) >= 11 is 0. The number of nitrogens with zero attached hydrogens (tertiary/aromatic N) is 1. The largest absolute Gasteiger partial charge is 0.497 e. The molecule has 0 aliphatic heterocycles. The summed E-state index contributed by atoms with van der Waals surface area (Å²) in [6.45, 7) is 4.59. The predicted octanol–water partition coefficient (Wildman–Crippen LogP) is 3.90. The van der Waals surface area contributed by atoms with E-state index >= 15 is 0 Å². The van der Waals surface area contributed by atoms with Gasteiger partial charge in [-0.05, 0) is 42.2 Å². The fraction of sp³-hybridized carbons (Fsp3) is 0.364. The monoisotopic (exact) mass is 382 g/mol. The Morgan fingerprint density at radius 2 is 1.86 bits per heavy atom. The van der Waals surface area contributed by atoms with E-state index in [-0.39, 0.29) is 23.6 Å². The van der Waals surface area contributed by atoms with Crippen molar-refractivity contribution in [3.63, 3.8) is 0 Å². The zero-order valence-corrected chi connectivity index (χ0v) is 16.5. The summed E-state index contributed by atoms with van der Waals surface area (Å²) in [5.41, 5.74) is 2.36. The Balaban J connectivity index is 1.60. The van der Waals surface area contributed by atoms with Gasteiger partial charge in [-0.2, -0.15) is 0 Å². The first-order valence-corrected chi connectivity index (χ1v) is 9.51. The number of rotatable bonds is 8. The number of hydrogen-bond donors (Lipinski definition) is 1. The van der Waals surface area contributed by atoms with Crippen LogP contribution in [0.5, 0.6) is 5.75 Å². The SMILES string of the molecule is COc1ccc(C(NC(=O)CCCn2c(=O)oc3ccccc32)C(C)C)cc1. The number of fused-ring (bicyclic) bond motifs is 1. The molecule has 3 aromatic rings. The maximum Gasteiger partial charge on any atom is 0.419 e. The number of hydrogen-bond acceptors (Lipinski definition) is 4. The van der Waals surface area contributed by atoms with Gasteiger partial charge < -0.3 is 14.5 Å². The molecule has 1 heterocycles. The van der Waals surface area contributed by atoms with Crippen LogP contribution in [0.1, 0.15) is 38.3 Å². The molecule has 1 amide bonds. The first-order chi connectivity index (χ1) is 13.5. The van der Waals surface area contributed by atoms with Crippen LogP contribution in [0.15, 0.2) is 57.7 Å². The van der Waals surface area contributed by atoms with Gasteiger partial charge >= 0.3 is 5.76 Å². The second-order valence-corrected chi connectivity index (χ2v) is 7.15. The highest BCUT2D eigenvalue weighted by molar-refractivity contribution is 5.76. The Labute approximate surface area is 164 Å². The van der Waals surface area contributed by atoms with Gasteiger partial charge in [-0.1, -0.05) is 38.1 Å². The van der Waals surface area contributed by atoms with E-state index in [1.54, 1.807) is 17.7 Å². The van der Waals surface area contributed by atoms with Crippen LogP contribution in [0.2, 0.25) is 0 Å². The molecule has 3 rings (SSSR count). The summed E-state index contributed by atoms with van der Waals surface area (Å²) in [6, 6.07) is 15.0. The first kappa shape index (κ1) is 19.7. The quantitative estimate of drug-likeness (QED) is 0.641. The number of nitrogens with one attached hydrogen (secondary N) is 1. The van der Waals surface area contributed by atoms with Crippen LogP contribution in [0.4, 0.5) is 0 Å². The van der Waals surface area contributed by atoms with Crippen LogP contribution in [0, 0.1) is 5.92 Å². The van der Waals surface area contributed by atoms with E-state index in [9.17, 15) is 9.59 Å². The molecule has 0 spiro atoms. The van der Waals surface area contributed by atoms with Crippen molar-refractivity contribution in [1.29, 1.82) is 0 Å². The minimum atomic E-state index is -0.389. The molecule has 6 nitrogen and oxygen atoms in total. The molecule has 0 bridgehead atoms. The number of oxazole rings is 1. The fourth-order valence-electron chi connectivity index (χ4n) is 3.32. The summed E-state index contributed by atoms with van der Waals surface area (Å²) < 4.78 is 12.0. The molecule has 6 heteroatoms. The zero-order chi connectivity index (χ0) is 20.1. The topological polar surface area (TPSA) is 73.5 Å². The van der Waals surface area contributed by atoms with Crippen LogP contribution in [-0.2, 0) is 11.3 Å². The van der Waals surface area contributed by atoms with Crippen molar-refractivity contribution in [3.05, 3.63) is 64.6 Å². The lowest BCUT2D eigenvalue weighted by Gasteiger charge is -2.23. The summed E-state index contributed by atoms with van der Waals surface area (Å²) in [4.78, 5) is 24.5. The number of amides is 1. The van der Waals surface area contributed by atoms with Gasteiger partial charge in [0, 0.05) is 13.0 Å². The van der Waals surface area contributed by atoms with Gasteiger partial charge in [0.1, 0.15) is 5.75 Å². The summed E-state index contributed by atoms with van der Waals surface area (Å²) in [5.74, 6) is 0.614. The Morgan fingerprint density at radius 3 is 2.54 bits per heavy atom. The Bertz CT molecular complexity index is 986. The van der Waals surface area contributed by atoms with Gasteiger partial charge in [-0.15, -0.1) is 0 Å². The number of benzene rings is 2. The maximum absolute atomic E-state index is 12.5. The number of carbonyl (C=O) groups excluding carboxylic acids is 1. The summed E-state index contributed by atoms with van der Waals surface area (Å²) in [5, 5.41) is 3.11. The molecule has 0 aliphatic carbocycles. The summed E-state index contributed by atoms with van der Waals surface area (Å²) in [6.07, 6.45) is 0.897. The molecule has 148 valence electrons. The zero-order valence-electron chi connectivity index (χ0n) is 16.5. The minimum absolute atomic E-state index is 0.0321. The first-order valence-electron chi connectivity index (χ1n) is 9.51. The van der Waals surface area contributed by atoms with Crippen molar-refractivity contribution in [2.45, 2.75) is 39.3 Å². The smallest absolute Gasteiger partial charge is 0.419 e. The van der Waals surface area contributed by atoms with E-state index in [2.05, 4.69) is 19.2 Å². The van der Waals surface area contributed by atoms with Crippen molar-refractivity contribution >= 4 is 17.0 Å². The Kier molecular flexibility index (Phi) is 6.19. The van der Waals surface area contributed by atoms with Crippen LogP contribution in [0.3, 0.4) is 0 Å². The number of para-hydroxylation sites is 2. The molecule has 1 unspecified atom stereocenters. The number of carbonyl (C=O) groups is 1. The predicted molar refractivity (Wildman–Crippen MR) is 108 cm³/mol. The minimum Gasteiger partial charge on any atom is -0.497 e. The van der Waals surface area contributed by atoms with E-state index < -0.39 is 0 Å². The van der Waals surface area contributed by atoms with Crippen molar-refractivity contribution in [1.82, 2.24) is 9.88 Å². The van der Waals surface area contributed by atoms with Gasteiger partial charge in [0.15, 0.2) is 5.58 Å². The fourth-order valence-corrected chi connectivity index (χ4v) is 3.32. The van der Waals surface area contributed by atoms with Gasteiger partial charge in [-0.3, -0.25) is 9.36 Å². The number of ether oxygens (including phenoxy) is 1. The molecule has 0 aliphatic rings. The number of methoxy groups -OCH3 is 1. The Hall–Kier alpha value is -3.02. The second-order valence-electron chi connectivity index (χ2n) is 7.15. The molecule has 0 radical (unpaired) electrons. The third-order valence-corrected chi connectivity index (χ3v) is 4.82. The average Bonchev–Trinajstić information content (AvgIpc) is 3.01. The highest BCUT2D eigenvalue weighted by Gasteiger charge is 2.18. The van der Waals surface area contributed by atoms with Crippen LogP contribution >= 0.6 is 0 Å². The van der Waals surface area contributed by atoms with Crippen LogP contribution < -0.4 is 15.8 Å². The molecular weight excluding hydrogens is 356 g/mol. The van der Waals surface area contributed by atoms with Gasteiger partial charge in [0.25, 0.3) is 0 Å². The molecule has 0 saturated heterocycles. The molecule has 0 saturated carbocycles. The lowest BCUT2D eigenvalue weighted by molar-refractivity contribution is -0.122. The summed E-state index contributed by atoms with van der Waals surface area (Å²) in [7, 11) is 1.63. The van der Waals surface area contributed by atoms with Crippen molar-refractivity contribution < 1.29 is 13.9 Å². The third kappa shape index (κ3) is 4.44. The van der Waals surface area contributed by atoms with Gasteiger partial charge in [0.05, 0.1) is 18.7 Å². The van der Waals surface area contributed by atoms with Crippen LogP contribution in [0.25, 0.3) is 11.1 Å². The molecule has 28 heavy (non-hydrogen) atoms. The molecule has 1 aromatic heterocycles. The van der Waals surface area contributed by atoms with Crippen molar-refractivity contribution in [3.8, 4) is 5.75 Å². The van der Waals surface area contributed by atoms with Crippen molar-refractivity contribution in [2.24, 2.45) is 5.92 Å². The van der Waals surface area contributed by atoms with E-state index in [1.165, 1.54) is 0 Å². The van der Waals surface area contributed by atoms with E-state index in [0.717, 1.165) is 16.8 Å². The number of aryl methyl sites for hydroxylation is 1. The molecule has 0 fully saturated rings. The molecular formula is C22H26N2O4. The molecule has 1 N–H and O–H groups in total. The van der Waals surface area contributed by atoms with E-state index in [0.29, 0.717) is 25.0 Å². The normalized spacial score (nSPS) is 12.3.